The number of benzene rings is 2. The van der Waals surface area contributed by atoms with Crippen LogP contribution in [-0.2, 0) is 14.2 Å². The molecule has 0 heterocycles. The number of aliphatic carboxylic acids is 2. The minimum Gasteiger partial charge on any atom is -0.481 e. The summed E-state index contributed by atoms with van der Waals surface area (Å²) in [6, 6.07) is 13.1. The van der Waals surface area contributed by atoms with Crippen molar-refractivity contribution in [2.75, 3.05) is 6.16 Å². The highest BCUT2D eigenvalue weighted by atomic mass is 31.2. The molecule has 0 aromatic heterocycles. The van der Waals surface area contributed by atoms with Gasteiger partial charge in [-0.05, 0) is 29.7 Å². The number of hydrogen-bond acceptors (Lipinski definition) is 3. The molecule has 0 aliphatic heterocycles. The van der Waals surface area contributed by atoms with Gasteiger partial charge in [0.25, 0.3) is 0 Å². The van der Waals surface area contributed by atoms with E-state index in [-0.39, 0.29) is 12.8 Å². The van der Waals surface area contributed by atoms with Crippen LogP contribution in [0.25, 0.3) is 10.8 Å². The fourth-order valence-electron chi connectivity index (χ4n) is 2.77. The van der Waals surface area contributed by atoms with Crippen molar-refractivity contribution in [3.05, 3.63) is 48.0 Å². The maximum Gasteiger partial charge on any atom is 0.307 e. The zero-order valence-electron chi connectivity index (χ0n) is 13.8. The van der Waals surface area contributed by atoms with Gasteiger partial charge in [-0.2, -0.15) is 0 Å². The molecule has 0 aliphatic rings. The first kappa shape index (κ1) is 19.2. The third-order valence-corrected chi connectivity index (χ3v) is 6.87. The molecule has 0 bridgehead atoms. The molecule has 0 saturated heterocycles. The van der Waals surface area contributed by atoms with Gasteiger partial charge in [0.2, 0.25) is 7.37 Å². The first-order chi connectivity index (χ1) is 11.7. The minimum absolute atomic E-state index is 0.167. The lowest BCUT2D eigenvalue weighted by Crippen LogP contribution is -2.20. The molecule has 3 unspecified atom stereocenters. The number of rotatable bonds is 8. The van der Waals surface area contributed by atoms with Crippen LogP contribution in [0.15, 0.2) is 42.5 Å². The molecule has 3 N–H and O–H groups in total. The standard InChI is InChI=1S/C18H21O6P/c1-12(14-7-6-13-4-2-3-5-15(13)10-14)25(23,24)11-16(18(21)22)8-9-17(19)20/h2-7,10,12,16H,8-9,11H2,1H3,(H,19,20)(H,21,22)(H,23,24). The van der Waals surface area contributed by atoms with Crippen LogP contribution >= 0.6 is 7.37 Å². The van der Waals surface area contributed by atoms with Gasteiger partial charge in [0, 0.05) is 12.6 Å². The van der Waals surface area contributed by atoms with Crippen LogP contribution in [0.1, 0.15) is 31.0 Å². The Morgan fingerprint density at radius 1 is 1.08 bits per heavy atom. The van der Waals surface area contributed by atoms with Crippen molar-refractivity contribution in [1.29, 1.82) is 0 Å². The van der Waals surface area contributed by atoms with Crippen LogP contribution in [0.2, 0.25) is 0 Å². The summed E-state index contributed by atoms with van der Waals surface area (Å²) < 4.78 is 12.8. The lowest BCUT2D eigenvalue weighted by Gasteiger charge is -2.23. The topological polar surface area (TPSA) is 112 Å². The van der Waals surface area contributed by atoms with Crippen molar-refractivity contribution in [3.8, 4) is 0 Å². The van der Waals surface area contributed by atoms with E-state index in [2.05, 4.69) is 0 Å². The summed E-state index contributed by atoms with van der Waals surface area (Å²) in [4.78, 5) is 32.4. The van der Waals surface area contributed by atoms with Gasteiger partial charge in [-0.3, -0.25) is 14.2 Å². The summed E-state index contributed by atoms with van der Waals surface area (Å²) in [6.45, 7) is 1.60. The van der Waals surface area contributed by atoms with Gasteiger partial charge in [-0.1, -0.05) is 42.5 Å². The lowest BCUT2D eigenvalue weighted by atomic mass is 10.1. The molecule has 25 heavy (non-hydrogen) atoms. The highest BCUT2D eigenvalue weighted by molar-refractivity contribution is 7.58. The van der Waals surface area contributed by atoms with Gasteiger partial charge < -0.3 is 15.1 Å². The quantitative estimate of drug-likeness (QED) is 0.615. The van der Waals surface area contributed by atoms with Crippen molar-refractivity contribution >= 4 is 30.1 Å². The molecule has 0 fully saturated rings. The zero-order chi connectivity index (χ0) is 18.6. The van der Waals surface area contributed by atoms with Crippen LogP contribution in [0.5, 0.6) is 0 Å². The molecule has 0 saturated carbocycles. The van der Waals surface area contributed by atoms with E-state index < -0.39 is 37.0 Å². The normalized spacial score (nSPS) is 16.1. The number of carboxylic acid groups (broad SMARTS) is 2. The Kier molecular flexibility index (Phi) is 5.98. The van der Waals surface area contributed by atoms with Crippen LogP contribution in [0, 0.1) is 5.92 Å². The van der Waals surface area contributed by atoms with E-state index in [1.54, 1.807) is 13.0 Å². The Morgan fingerprint density at radius 2 is 1.72 bits per heavy atom. The Balaban J connectivity index is 2.21. The number of carboxylic acids is 2. The van der Waals surface area contributed by atoms with Crippen LogP contribution in [0.3, 0.4) is 0 Å². The summed E-state index contributed by atoms with van der Waals surface area (Å²) >= 11 is 0. The Hall–Kier alpha value is -2.17. The molecule has 0 radical (unpaired) electrons. The smallest absolute Gasteiger partial charge is 0.307 e. The second kappa shape index (κ2) is 7.81. The molecular formula is C18H21O6P. The third-order valence-electron chi connectivity index (χ3n) is 4.40. The fourth-order valence-corrected chi connectivity index (χ4v) is 4.68. The summed E-state index contributed by atoms with van der Waals surface area (Å²) in [5.41, 5.74) is -0.0734. The van der Waals surface area contributed by atoms with Gasteiger partial charge in [0.1, 0.15) is 0 Å². The Morgan fingerprint density at radius 3 is 2.32 bits per heavy atom. The molecule has 7 heteroatoms. The average molecular weight is 364 g/mol. The maximum absolute atomic E-state index is 12.8. The van der Waals surface area contributed by atoms with Crippen molar-refractivity contribution in [1.82, 2.24) is 0 Å². The van der Waals surface area contributed by atoms with E-state index in [9.17, 15) is 24.2 Å². The lowest BCUT2D eigenvalue weighted by molar-refractivity contribution is -0.142. The molecule has 0 spiro atoms. The summed E-state index contributed by atoms with van der Waals surface area (Å²) in [7, 11) is -3.83. The molecule has 134 valence electrons. The van der Waals surface area contributed by atoms with E-state index in [0.29, 0.717) is 5.56 Å². The first-order valence-corrected chi connectivity index (χ1v) is 9.87. The van der Waals surface area contributed by atoms with Crippen molar-refractivity contribution in [2.24, 2.45) is 5.92 Å². The van der Waals surface area contributed by atoms with E-state index >= 15 is 0 Å². The maximum atomic E-state index is 12.8. The van der Waals surface area contributed by atoms with E-state index in [0.717, 1.165) is 10.8 Å². The predicted octanol–water partition coefficient (Wildman–Crippen LogP) is 3.74. The molecule has 6 nitrogen and oxygen atoms in total. The fraction of sp³-hybridized carbons (Fsp3) is 0.333. The molecule has 2 aromatic rings. The molecule has 3 atom stereocenters. The Labute approximate surface area is 145 Å². The predicted molar refractivity (Wildman–Crippen MR) is 95.1 cm³/mol. The van der Waals surface area contributed by atoms with E-state index in [1.165, 1.54) is 0 Å². The largest absolute Gasteiger partial charge is 0.481 e. The molecule has 2 aromatic carbocycles. The number of carbonyl (C=O) groups is 2. The molecule has 2 rings (SSSR count). The SMILES string of the molecule is CC(c1ccc2ccccc2c1)P(=O)(O)CC(CCC(=O)O)C(=O)O. The summed E-state index contributed by atoms with van der Waals surface area (Å²) in [6.07, 6.45) is -0.954. The van der Waals surface area contributed by atoms with Gasteiger partial charge in [0.15, 0.2) is 0 Å². The number of fused-ring (bicyclic) bond motifs is 1. The van der Waals surface area contributed by atoms with E-state index in [1.807, 2.05) is 36.4 Å². The molecule has 0 aliphatic carbocycles. The third kappa shape index (κ3) is 4.91. The van der Waals surface area contributed by atoms with Crippen LogP contribution in [0.4, 0.5) is 0 Å². The van der Waals surface area contributed by atoms with Gasteiger partial charge >= 0.3 is 11.9 Å². The second-order valence-electron chi connectivity index (χ2n) is 6.19. The van der Waals surface area contributed by atoms with Crippen molar-refractivity contribution < 1.29 is 29.3 Å². The molecular weight excluding hydrogens is 343 g/mol. The van der Waals surface area contributed by atoms with Crippen molar-refractivity contribution in [3.63, 3.8) is 0 Å². The average Bonchev–Trinajstić information content (AvgIpc) is 2.57. The highest BCUT2D eigenvalue weighted by Gasteiger charge is 2.34. The van der Waals surface area contributed by atoms with Crippen molar-refractivity contribution in [2.45, 2.75) is 25.4 Å². The highest BCUT2D eigenvalue weighted by Crippen LogP contribution is 2.57. The van der Waals surface area contributed by atoms with Gasteiger partial charge in [-0.25, -0.2) is 0 Å². The first-order valence-electron chi connectivity index (χ1n) is 7.95. The molecule has 0 amide bonds. The summed E-state index contributed by atoms with van der Waals surface area (Å²) in [5.74, 6) is -3.53. The van der Waals surface area contributed by atoms with Gasteiger partial charge in [-0.15, -0.1) is 0 Å². The Bertz CT molecular complexity index is 831. The minimum atomic E-state index is -3.83. The summed E-state index contributed by atoms with van der Waals surface area (Å²) in [5, 5.41) is 19.9. The van der Waals surface area contributed by atoms with Crippen LogP contribution in [-0.4, -0.2) is 33.2 Å². The second-order valence-corrected chi connectivity index (χ2v) is 8.84. The zero-order valence-corrected chi connectivity index (χ0v) is 14.7. The number of hydrogen-bond donors (Lipinski definition) is 3. The van der Waals surface area contributed by atoms with Crippen LogP contribution < -0.4 is 0 Å². The van der Waals surface area contributed by atoms with E-state index in [4.69, 9.17) is 5.11 Å². The van der Waals surface area contributed by atoms with Gasteiger partial charge in [0.05, 0.1) is 11.6 Å². The monoisotopic (exact) mass is 364 g/mol.